The maximum absolute atomic E-state index is 5.60. The fourth-order valence-corrected chi connectivity index (χ4v) is 2.62. The first kappa shape index (κ1) is 13.8. The van der Waals surface area contributed by atoms with E-state index < -0.39 is 0 Å². The van der Waals surface area contributed by atoms with Crippen molar-refractivity contribution in [3.8, 4) is 6.01 Å². The number of hydrogen-bond donors (Lipinski definition) is 2. The van der Waals surface area contributed by atoms with Crippen LogP contribution >= 0.6 is 0 Å². The van der Waals surface area contributed by atoms with Gasteiger partial charge in [0.2, 0.25) is 11.9 Å². The SMILES string of the molecule is CCC1CCC(CNc2nc(N)nc(OC)n2)CC1. The molecule has 0 spiro atoms. The zero-order valence-corrected chi connectivity index (χ0v) is 11.7. The predicted molar refractivity (Wildman–Crippen MR) is 75.0 cm³/mol. The molecule has 0 unspecified atom stereocenters. The topological polar surface area (TPSA) is 86.0 Å². The van der Waals surface area contributed by atoms with Crippen molar-refractivity contribution in [2.75, 3.05) is 24.7 Å². The molecule has 0 atom stereocenters. The van der Waals surface area contributed by atoms with Crippen molar-refractivity contribution >= 4 is 11.9 Å². The Labute approximate surface area is 114 Å². The van der Waals surface area contributed by atoms with Crippen molar-refractivity contribution in [3.63, 3.8) is 0 Å². The summed E-state index contributed by atoms with van der Waals surface area (Å²) in [6.45, 7) is 3.17. The standard InChI is InChI=1S/C13H23N5O/c1-3-9-4-6-10(7-5-9)8-15-12-16-11(14)17-13(18-12)19-2/h9-10H,3-8H2,1-2H3,(H3,14,15,16,17,18). The van der Waals surface area contributed by atoms with Crippen molar-refractivity contribution in [2.45, 2.75) is 39.0 Å². The molecule has 1 saturated carbocycles. The van der Waals surface area contributed by atoms with Gasteiger partial charge in [0.05, 0.1) is 7.11 Å². The third-order valence-corrected chi connectivity index (χ3v) is 3.91. The summed E-state index contributed by atoms with van der Waals surface area (Å²) in [6, 6.07) is 0.254. The molecule has 0 aromatic carbocycles. The van der Waals surface area contributed by atoms with Crippen LogP contribution in [-0.2, 0) is 0 Å². The van der Waals surface area contributed by atoms with Gasteiger partial charge in [-0.3, -0.25) is 0 Å². The highest BCUT2D eigenvalue weighted by Gasteiger charge is 2.20. The maximum Gasteiger partial charge on any atom is 0.322 e. The van der Waals surface area contributed by atoms with Gasteiger partial charge in [-0.05, 0) is 24.7 Å². The average molecular weight is 265 g/mol. The van der Waals surface area contributed by atoms with Gasteiger partial charge < -0.3 is 15.8 Å². The van der Waals surface area contributed by atoms with Crippen LogP contribution in [0.15, 0.2) is 0 Å². The zero-order chi connectivity index (χ0) is 13.7. The number of methoxy groups -OCH3 is 1. The van der Waals surface area contributed by atoms with Gasteiger partial charge in [-0.2, -0.15) is 15.0 Å². The van der Waals surface area contributed by atoms with Crippen LogP contribution in [-0.4, -0.2) is 28.6 Å². The van der Waals surface area contributed by atoms with E-state index in [1.165, 1.54) is 39.2 Å². The Morgan fingerprint density at radius 1 is 1.16 bits per heavy atom. The maximum atomic E-state index is 5.60. The number of nitrogens with two attached hydrogens (primary N) is 1. The van der Waals surface area contributed by atoms with E-state index in [1.807, 2.05) is 0 Å². The second kappa shape index (κ2) is 6.54. The Kier molecular flexibility index (Phi) is 4.76. The second-order valence-electron chi connectivity index (χ2n) is 5.18. The van der Waals surface area contributed by atoms with E-state index in [-0.39, 0.29) is 12.0 Å². The van der Waals surface area contributed by atoms with Crippen LogP contribution in [0.4, 0.5) is 11.9 Å². The van der Waals surface area contributed by atoms with E-state index >= 15 is 0 Å². The summed E-state index contributed by atoms with van der Waals surface area (Å²) in [4.78, 5) is 12.1. The molecular formula is C13H23N5O. The third kappa shape index (κ3) is 3.94. The lowest BCUT2D eigenvalue weighted by atomic mass is 9.81. The normalized spacial score (nSPS) is 23.1. The Balaban J connectivity index is 1.84. The molecule has 6 heteroatoms. The van der Waals surface area contributed by atoms with E-state index in [1.54, 1.807) is 0 Å². The number of nitrogens with one attached hydrogen (secondary N) is 1. The first-order valence-electron chi connectivity index (χ1n) is 7.00. The number of rotatable bonds is 5. The van der Waals surface area contributed by atoms with Crippen molar-refractivity contribution < 1.29 is 4.74 Å². The monoisotopic (exact) mass is 265 g/mol. The molecular weight excluding hydrogens is 242 g/mol. The number of ether oxygens (including phenoxy) is 1. The largest absolute Gasteiger partial charge is 0.467 e. The quantitative estimate of drug-likeness (QED) is 0.847. The highest BCUT2D eigenvalue weighted by atomic mass is 16.5. The third-order valence-electron chi connectivity index (χ3n) is 3.91. The number of anilines is 2. The highest BCUT2D eigenvalue weighted by Crippen LogP contribution is 2.30. The molecule has 6 nitrogen and oxygen atoms in total. The molecule has 2 rings (SSSR count). The van der Waals surface area contributed by atoms with Gasteiger partial charge in [-0.1, -0.05) is 26.2 Å². The first-order chi connectivity index (χ1) is 9.21. The summed E-state index contributed by atoms with van der Waals surface area (Å²) in [6.07, 6.45) is 6.55. The summed E-state index contributed by atoms with van der Waals surface area (Å²) in [5.74, 6) is 2.31. The van der Waals surface area contributed by atoms with Crippen LogP contribution in [0.5, 0.6) is 6.01 Å². The first-order valence-corrected chi connectivity index (χ1v) is 7.00. The van der Waals surface area contributed by atoms with Gasteiger partial charge in [-0.25, -0.2) is 0 Å². The number of nitrogen functional groups attached to an aromatic ring is 1. The minimum atomic E-state index is 0.184. The van der Waals surface area contributed by atoms with E-state index in [0.29, 0.717) is 11.9 Å². The van der Waals surface area contributed by atoms with Crippen molar-refractivity contribution in [3.05, 3.63) is 0 Å². The van der Waals surface area contributed by atoms with E-state index in [9.17, 15) is 0 Å². The van der Waals surface area contributed by atoms with Crippen molar-refractivity contribution in [2.24, 2.45) is 11.8 Å². The average Bonchev–Trinajstić information content (AvgIpc) is 2.45. The molecule has 0 radical (unpaired) electrons. The molecule has 0 saturated heterocycles. The molecule has 0 bridgehead atoms. The Bertz CT molecular complexity index is 404. The van der Waals surface area contributed by atoms with Gasteiger partial charge in [0.25, 0.3) is 0 Å². The lowest BCUT2D eigenvalue weighted by Gasteiger charge is -2.27. The highest BCUT2D eigenvalue weighted by molar-refractivity contribution is 5.32. The van der Waals surface area contributed by atoms with Crippen LogP contribution in [0.2, 0.25) is 0 Å². The number of aromatic nitrogens is 3. The van der Waals surface area contributed by atoms with Crippen LogP contribution < -0.4 is 15.8 Å². The van der Waals surface area contributed by atoms with Crippen molar-refractivity contribution in [1.82, 2.24) is 15.0 Å². The Hall–Kier alpha value is -1.59. The molecule has 0 amide bonds. The molecule has 19 heavy (non-hydrogen) atoms. The predicted octanol–water partition coefficient (Wildman–Crippen LogP) is 2.09. The Morgan fingerprint density at radius 2 is 1.84 bits per heavy atom. The molecule has 1 heterocycles. The van der Waals surface area contributed by atoms with Gasteiger partial charge in [-0.15, -0.1) is 0 Å². The molecule has 106 valence electrons. The fourth-order valence-electron chi connectivity index (χ4n) is 2.62. The number of hydrogen-bond acceptors (Lipinski definition) is 6. The summed E-state index contributed by atoms with van der Waals surface area (Å²) >= 11 is 0. The zero-order valence-electron chi connectivity index (χ0n) is 11.7. The van der Waals surface area contributed by atoms with E-state index in [2.05, 4.69) is 27.2 Å². The van der Waals surface area contributed by atoms with Gasteiger partial charge in [0.15, 0.2) is 0 Å². The van der Waals surface area contributed by atoms with E-state index in [4.69, 9.17) is 10.5 Å². The molecule has 0 aliphatic heterocycles. The minimum absolute atomic E-state index is 0.184. The molecule has 3 N–H and O–H groups in total. The van der Waals surface area contributed by atoms with Crippen LogP contribution in [0, 0.1) is 11.8 Å². The molecule has 1 aliphatic carbocycles. The smallest absolute Gasteiger partial charge is 0.322 e. The molecule has 1 aromatic rings. The van der Waals surface area contributed by atoms with Crippen LogP contribution in [0.3, 0.4) is 0 Å². The molecule has 1 fully saturated rings. The van der Waals surface area contributed by atoms with Crippen LogP contribution in [0.1, 0.15) is 39.0 Å². The summed E-state index contributed by atoms with van der Waals surface area (Å²) in [5, 5.41) is 3.24. The van der Waals surface area contributed by atoms with E-state index in [0.717, 1.165) is 12.5 Å². The lowest BCUT2D eigenvalue weighted by molar-refractivity contribution is 0.278. The summed E-state index contributed by atoms with van der Waals surface area (Å²) in [7, 11) is 1.52. The molecule has 1 aromatic heterocycles. The Morgan fingerprint density at radius 3 is 2.47 bits per heavy atom. The van der Waals surface area contributed by atoms with Crippen molar-refractivity contribution in [1.29, 1.82) is 0 Å². The summed E-state index contributed by atoms with van der Waals surface area (Å²) < 4.78 is 4.97. The second-order valence-corrected chi connectivity index (χ2v) is 5.18. The lowest BCUT2D eigenvalue weighted by Crippen LogP contribution is -2.22. The fraction of sp³-hybridized carbons (Fsp3) is 0.769. The minimum Gasteiger partial charge on any atom is -0.467 e. The van der Waals surface area contributed by atoms with Gasteiger partial charge >= 0.3 is 6.01 Å². The van der Waals surface area contributed by atoms with Gasteiger partial charge in [0.1, 0.15) is 0 Å². The summed E-state index contributed by atoms with van der Waals surface area (Å²) in [5.41, 5.74) is 5.60. The van der Waals surface area contributed by atoms with Gasteiger partial charge in [0, 0.05) is 6.54 Å². The van der Waals surface area contributed by atoms with Crippen LogP contribution in [0.25, 0.3) is 0 Å². The molecule has 1 aliphatic rings. The number of nitrogens with zero attached hydrogens (tertiary/aromatic N) is 3.